The zero-order valence-corrected chi connectivity index (χ0v) is 14.9. The van der Waals surface area contributed by atoms with E-state index in [-0.39, 0.29) is 5.75 Å². The summed E-state index contributed by atoms with van der Waals surface area (Å²) in [7, 11) is 0. The largest absolute Gasteiger partial charge is 0.505 e. The molecule has 0 saturated carbocycles. The molecule has 0 aliphatic heterocycles. The fourth-order valence-corrected chi connectivity index (χ4v) is 2.95. The van der Waals surface area contributed by atoms with Crippen molar-refractivity contribution in [1.82, 2.24) is 15.0 Å². The molecule has 0 amide bonds. The van der Waals surface area contributed by atoms with E-state index in [1.54, 1.807) is 4.80 Å². The van der Waals surface area contributed by atoms with Crippen LogP contribution in [0.15, 0.2) is 36.4 Å². The van der Waals surface area contributed by atoms with Gasteiger partial charge in [0, 0.05) is 0 Å². The number of benzene rings is 2. The maximum Gasteiger partial charge on any atom is 0.146 e. The molecule has 0 aliphatic carbocycles. The second-order valence-corrected chi connectivity index (χ2v) is 7.68. The Hall–Kier alpha value is -2.36. The number of aromatic hydroxyl groups is 1. The number of rotatable bonds is 4. The highest BCUT2D eigenvalue weighted by Crippen LogP contribution is 2.30. The summed E-state index contributed by atoms with van der Waals surface area (Å²) in [6.07, 6.45) is 3.03. The Labute approximate surface area is 143 Å². The number of hydrogen-bond donors (Lipinski definition) is 1. The highest BCUT2D eigenvalue weighted by atomic mass is 16.3. The molecular weight excluding hydrogens is 298 g/mol. The highest BCUT2D eigenvalue weighted by Gasteiger charge is 2.15. The van der Waals surface area contributed by atoms with E-state index in [0.29, 0.717) is 11.1 Å². The van der Waals surface area contributed by atoms with Crippen molar-refractivity contribution in [3.05, 3.63) is 47.5 Å². The summed E-state index contributed by atoms with van der Waals surface area (Å²) >= 11 is 0. The Balaban J connectivity index is 1.93. The Morgan fingerprint density at radius 1 is 1.04 bits per heavy atom. The zero-order valence-electron chi connectivity index (χ0n) is 14.9. The van der Waals surface area contributed by atoms with Gasteiger partial charge in [-0.2, -0.15) is 0 Å². The Morgan fingerprint density at radius 3 is 2.25 bits per heavy atom. The third-order valence-corrected chi connectivity index (χ3v) is 4.19. The molecule has 0 unspecified atom stereocenters. The minimum atomic E-state index is 0.287. The summed E-state index contributed by atoms with van der Waals surface area (Å²) in [5.41, 5.74) is 4.69. The van der Waals surface area contributed by atoms with Gasteiger partial charge in [-0.25, -0.2) is 0 Å². The van der Waals surface area contributed by atoms with E-state index in [9.17, 15) is 5.11 Å². The molecule has 0 bridgehead atoms. The van der Waals surface area contributed by atoms with Crippen molar-refractivity contribution in [2.45, 2.75) is 47.0 Å². The van der Waals surface area contributed by atoms with Gasteiger partial charge in [-0.3, -0.25) is 0 Å². The van der Waals surface area contributed by atoms with Gasteiger partial charge in [-0.05, 0) is 60.9 Å². The molecule has 1 aromatic heterocycles. The monoisotopic (exact) mass is 323 g/mol. The fraction of sp³-hybridized carbons (Fsp3) is 0.400. The van der Waals surface area contributed by atoms with E-state index in [4.69, 9.17) is 0 Å². The maximum absolute atomic E-state index is 10.7. The third-order valence-electron chi connectivity index (χ3n) is 4.19. The molecule has 0 spiro atoms. The summed E-state index contributed by atoms with van der Waals surface area (Å²) < 4.78 is 0. The average molecular weight is 323 g/mol. The molecule has 3 rings (SSSR count). The first-order valence-electron chi connectivity index (χ1n) is 8.48. The number of hydrogen-bond acceptors (Lipinski definition) is 3. The van der Waals surface area contributed by atoms with Crippen LogP contribution in [0.2, 0.25) is 0 Å². The molecule has 3 aromatic rings. The van der Waals surface area contributed by atoms with Gasteiger partial charge >= 0.3 is 0 Å². The van der Waals surface area contributed by atoms with Gasteiger partial charge in [0.15, 0.2) is 0 Å². The number of aryl methyl sites for hydroxylation is 2. The SMILES string of the molecule is Cc1cc(CCCC(C)(C)C)c(O)c(-n2nc3ccccc3n2)c1. The van der Waals surface area contributed by atoms with Crippen molar-refractivity contribution in [3.8, 4) is 11.4 Å². The number of aromatic nitrogens is 3. The lowest BCUT2D eigenvalue weighted by Crippen LogP contribution is -2.06. The lowest BCUT2D eigenvalue weighted by atomic mass is 9.88. The van der Waals surface area contributed by atoms with Crippen LogP contribution in [0.3, 0.4) is 0 Å². The molecule has 24 heavy (non-hydrogen) atoms. The molecule has 1 N–H and O–H groups in total. The van der Waals surface area contributed by atoms with Crippen LogP contribution in [0.1, 0.15) is 44.7 Å². The second kappa shape index (κ2) is 6.27. The lowest BCUT2D eigenvalue weighted by Gasteiger charge is -2.18. The van der Waals surface area contributed by atoms with Crippen LogP contribution in [-0.2, 0) is 6.42 Å². The highest BCUT2D eigenvalue weighted by molar-refractivity contribution is 5.73. The topological polar surface area (TPSA) is 50.9 Å². The number of phenols is 1. The van der Waals surface area contributed by atoms with Gasteiger partial charge in [-0.15, -0.1) is 15.0 Å². The summed E-state index contributed by atoms with van der Waals surface area (Å²) in [5.74, 6) is 0.287. The molecule has 0 fully saturated rings. The molecule has 0 saturated heterocycles. The van der Waals surface area contributed by atoms with Gasteiger partial charge in [-0.1, -0.05) is 39.0 Å². The first kappa shape index (κ1) is 16.5. The molecule has 1 heterocycles. The normalized spacial score (nSPS) is 12.0. The molecule has 4 nitrogen and oxygen atoms in total. The molecule has 0 atom stereocenters. The summed E-state index contributed by atoms with van der Waals surface area (Å²) in [6, 6.07) is 11.7. The van der Waals surface area contributed by atoms with Crippen LogP contribution in [-0.4, -0.2) is 20.1 Å². The molecule has 0 radical (unpaired) electrons. The van der Waals surface area contributed by atoms with Crippen molar-refractivity contribution >= 4 is 11.0 Å². The molecule has 4 heteroatoms. The molecule has 0 aliphatic rings. The van der Waals surface area contributed by atoms with E-state index in [1.165, 1.54) is 0 Å². The van der Waals surface area contributed by atoms with Gasteiger partial charge in [0.25, 0.3) is 0 Å². The Bertz CT molecular complexity index is 826. The van der Waals surface area contributed by atoms with Gasteiger partial charge in [0.2, 0.25) is 0 Å². The molecule has 126 valence electrons. The maximum atomic E-state index is 10.7. The van der Waals surface area contributed by atoms with E-state index < -0.39 is 0 Å². The van der Waals surface area contributed by atoms with Crippen LogP contribution >= 0.6 is 0 Å². The van der Waals surface area contributed by atoms with Crippen LogP contribution in [0, 0.1) is 12.3 Å². The predicted molar refractivity (Wildman–Crippen MR) is 97.7 cm³/mol. The van der Waals surface area contributed by atoms with Crippen molar-refractivity contribution in [2.75, 3.05) is 0 Å². The lowest BCUT2D eigenvalue weighted by molar-refractivity contribution is 0.364. The molecule has 2 aromatic carbocycles. The Kier molecular flexibility index (Phi) is 4.31. The van der Waals surface area contributed by atoms with Crippen LogP contribution in [0.25, 0.3) is 16.7 Å². The van der Waals surface area contributed by atoms with E-state index >= 15 is 0 Å². The quantitative estimate of drug-likeness (QED) is 0.750. The summed E-state index contributed by atoms with van der Waals surface area (Å²) in [6.45, 7) is 8.77. The van der Waals surface area contributed by atoms with Crippen molar-refractivity contribution in [3.63, 3.8) is 0 Å². The van der Waals surface area contributed by atoms with Gasteiger partial charge in [0.1, 0.15) is 22.5 Å². The minimum Gasteiger partial charge on any atom is -0.505 e. The van der Waals surface area contributed by atoms with Crippen molar-refractivity contribution in [1.29, 1.82) is 0 Å². The van der Waals surface area contributed by atoms with E-state index in [1.807, 2.05) is 37.3 Å². The minimum absolute atomic E-state index is 0.287. The molecular formula is C20H25N3O. The number of phenolic OH excluding ortho intramolecular Hbond substituents is 1. The van der Waals surface area contributed by atoms with E-state index in [0.717, 1.165) is 41.4 Å². The van der Waals surface area contributed by atoms with Crippen LogP contribution in [0.4, 0.5) is 0 Å². The third kappa shape index (κ3) is 3.58. The fourth-order valence-electron chi connectivity index (χ4n) is 2.95. The van der Waals surface area contributed by atoms with Crippen LogP contribution < -0.4 is 0 Å². The van der Waals surface area contributed by atoms with Crippen LogP contribution in [0.5, 0.6) is 5.75 Å². The zero-order chi connectivity index (χ0) is 17.3. The first-order valence-corrected chi connectivity index (χ1v) is 8.48. The van der Waals surface area contributed by atoms with Crippen molar-refractivity contribution < 1.29 is 5.11 Å². The van der Waals surface area contributed by atoms with E-state index in [2.05, 4.69) is 37.0 Å². The van der Waals surface area contributed by atoms with Gasteiger partial charge in [0.05, 0.1) is 0 Å². The first-order chi connectivity index (χ1) is 11.3. The number of fused-ring (bicyclic) bond motifs is 1. The summed E-state index contributed by atoms with van der Waals surface area (Å²) in [4.78, 5) is 1.54. The smallest absolute Gasteiger partial charge is 0.146 e. The Morgan fingerprint density at radius 2 is 1.67 bits per heavy atom. The average Bonchev–Trinajstić information content (AvgIpc) is 2.92. The predicted octanol–water partition coefficient (Wildman–Crippen LogP) is 4.80. The van der Waals surface area contributed by atoms with Gasteiger partial charge < -0.3 is 5.11 Å². The van der Waals surface area contributed by atoms with Crippen molar-refractivity contribution in [2.24, 2.45) is 5.41 Å². The standard InChI is InChI=1S/C20H25N3O/c1-14-12-15(8-7-11-20(2,3)4)19(24)18(13-14)23-21-16-9-5-6-10-17(16)22-23/h5-6,9-10,12-13,24H,7-8,11H2,1-4H3. The second-order valence-electron chi connectivity index (χ2n) is 7.68. The summed E-state index contributed by atoms with van der Waals surface area (Å²) in [5, 5.41) is 19.7. The number of nitrogens with zero attached hydrogens (tertiary/aromatic N) is 3.